The quantitative estimate of drug-likeness (QED) is 0.475. The van der Waals surface area contributed by atoms with E-state index in [0.717, 1.165) is 6.42 Å². The third kappa shape index (κ3) is 4.42. The Morgan fingerprint density at radius 1 is 0.960 bits per heavy atom. The van der Waals surface area contributed by atoms with E-state index in [2.05, 4.69) is 10.2 Å². The summed E-state index contributed by atoms with van der Waals surface area (Å²) in [7, 11) is 0. The third-order valence-electron chi connectivity index (χ3n) is 3.33. The first-order chi connectivity index (χ1) is 12.1. The molecule has 2 N–H and O–H groups in total. The lowest BCUT2D eigenvalue weighted by atomic mass is 9.98. The monoisotopic (exact) mass is 343 g/mol. The summed E-state index contributed by atoms with van der Waals surface area (Å²) in [6, 6.07) is 12.1. The van der Waals surface area contributed by atoms with Crippen LogP contribution in [0.1, 0.15) is 39.6 Å². The largest absolute Gasteiger partial charge is 0.412 e. The van der Waals surface area contributed by atoms with Gasteiger partial charge in [-0.05, 0) is 24.6 Å². The summed E-state index contributed by atoms with van der Waals surface area (Å²) >= 11 is 0. The van der Waals surface area contributed by atoms with E-state index in [1.807, 2.05) is 6.92 Å². The lowest BCUT2D eigenvalue weighted by molar-refractivity contribution is -0.182. The molecule has 2 aromatic rings. The molecule has 0 unspecified atom stereocenters. The zero-order valence-electron chi connectivity index (χ0n) is 13.5. The lowest BCUT2D eigenvalue weighted by Crippen LogP contribution is -2.28. The van der Waals surface area contributed by atoms with Gasteiger partial charge in [-0.25, -0.2) is 9.59 Å². The molecular weight excluding hydrogens is 326 g/mol. The van der Waals surface area contributed by atoms with E-state index < -0.39 is 17.8 Å². The smallest absolute Gasteiger partial charge is 0.410 e. The van der Waals surface area contributed by atoms with Crippen molar-refractivity contribution in [2.75, 3.05) is 6.54 Å². The Kier molecular flexibility index (Phi) is 6.25. The lowest BCUT2D eigenvalue weighted by Gasteiger charge is -2.11. The van der Waals surface area contributed by atoms with Gasteiger partial charge in [-0.1, -0.05) is 37.3 Å². The molecule has 25 heavy (non-hydrogen) atoms. The molecule has 0 bridgehead atoms. The van der Waals surface area contributed by atoms with Crippen LogP contribution < -0.4 is 10.1 Å². The Labute approximate surface area is 144 Å². The zero-order valence-corrected chi connectivity index (χ0v) is 13.5. The number of nitrogens with one attached hydrogen (secondary N) is 1. The molecule has 0 fully saturated rings. The zero-order chi connectivity index (χ0) is 18.2. The van der Waals surface area contributed by atoms with Crippen molar-refractivity contribution in [1.29, 1.82) is 0 Å². The van der Waals surface area contributed by atoms with Crippen molar-refractivity contribution in [2.45, 2.75) is 13.3 Å². The van der Waals surface area contributed by atoms with Crippen LogP contribution >= 0.6 is 0 Å². The van der Waals surface area contributed by atoms with Gasteiger partial charge >= 0.3 is 12.1 Å². The van der Waals surface area contributed by atoms with Crippen LogP contribution in [-0.4, -0.2) is 29.6 Å². The van der Waals surface area contributed by atoms with E-state index in [1.165, 1.54) is 30.3 Å². The maximum absolute atomic E-state index is 12.8. The van der Waals surface area contributed by atoms with Crippen LogP contribution in [0.15, 0.2) is 48.5 Å². The average Bonchev–Trinajstić information content (AvgIpc) is 2.65. The van der Waals surface area contributed by atoms with E-state index in [0.29, 0.717) is 6.54 Å². The van der Waals surface area contributed by atoms with Gasteiger partial charge in [0.15, 0.2) is 5.78 Å². The van der Waals surface area contributed by atoms with E-state index in [9.17, 15) is 14.4 Å². The van der Waals surface area contributed by atoms with Crippen LogP contribution in [0.4, 0.5) is 4.79 Å². The van der Waals surface area contributed by atoms with Crippen molar-refractivity contribution in [3.8, 4) is 5.75 Å². The summed E-state index contributed by atoms with van der Waals surface area (Å²) in [6.07, 6.45) is 0.0666. The molecule has 0 saturated carbocycles. The number of carbonyl (C=O) groups excluding carboxylic acids is 3. The maximum Gasteiger partial charge on any atom is 0.412 e. The van der Waals surface area contributed by atoms with Crippen LogP contribution in [0.5, 0.6) is 5.75 Å². The molecule has 0 atom stereocenters. The molecular formula is C18H17NO6. The summed E-state index contributed by atoms with van der Waals surface area (Å²) in [5.74, 6) is -1.53. The summed E-state index contributed by atoms with van der Waals surface area (Å²) < 4.78 is 5.18. The first-order valence-electron chi connectivity index (χ1n) is 7.62. The number of ether oxygens (including phenoxy) is 1. The molecule has 0 aliphatic carbocycles. The van der Waals surface area contributed by atoms with Gasteiger partial charge in [-0.15, -0.1) is 0 Å². The third-order valence-corrected chi connectivity index (χ3v) is 3.33. The number of benzene rings is 2. The van der Waals surface area contributed by atoms with E-state index >= 15 is 0 Å². The molecule has 7 heteroatoms. The minimum absolute atomic E-state index is 0.0200. The molecule has 0 aromatic heterocycles. The summed E-state index contributed by atoms with van der Waals surface area (Å²) in [6.45, 7) is 2.34. The normalized spacial score (nSPS) is 10.0. The number of para-hydroxylation sites is 1. The Bertz CT molecular complexity index is 787. The Balaban J connectivity index is 2.35. The highest BCUT2D eigenvalue weighted by atomic mass is 17.1. The Hall–Kier alpha value is -3.19. The fourth-order valence-electron chi connectivity index (χ4n) is 2.16. The Morgan fingerprint density at radius 3 is 2.20 bits per heavy atom. The number of amides is 1. The molecule has 0 spiro atoms. The molecule has 7 nitrogen and oxygen atoms in total. The molecule has 0 aliphatic rings. The number of carbonyl (C=O) groups is 3. The van der Waals surface area contributed by atoms with Gasteiger partial charge in [0.25, 0.3) is 0 Å². The van der Waals surface area contributed by atoms with Gasteiger partial charge in [-0.3, -0.25) is 9.68 Å². The molecule has 2 rings (SSSR count). The minimum atomic E-state index is -1.05. The van der Waals surface area contributed by atoms with Crippen molar-refractivity contribution in [2.24, 2.45) is 0 Å². The van der Waals surface area contributed by atoms with Crippen molar-refractivity contribution in [1.82, 2.24) is 5.32 Å². The predicted molar refractivity (Wildman–Crippen MR) is 88.7 cm³/mol. The van der Waals surface area contributed by atoms with Gasteiger partial charge in [-0.2, -0.15) is 5.26 Å². The highest BCUT2D eigenvalue weighted by molar-refractivity contribution is 6.15. The van der Waals surface area contributed by atoms with Crippen LogP contribution in [0, 0.1) is 0 Å². The summed E-state index contributed by atoms with van der Waals surface area (Å²) in [5.41, 5.74) is 0.0270. The molecule has 0 heterocycles. The number of hydrogen-bond acceptors (Lipinski definition) is 6. The second kappa shape index (κ2) is 8.60. The molecule has 130 valence electrons. The number of hydrogen-bond donors (Lipinski definition) is 2. The van der Waals surface area contributed by atoms with E-state index in [1.54, 1.807) is 18.2 Å². The van der Waals surface area contributed by atoms with Gasteiger partial charge in [0.1, 0.15) is 5.75 Å². The van der Waals surface area contributed by atoms with Crippen molar-refractivity contribution in [3.05, 3.63) is 65.2 Å². The first kappa shape index (κ1) is 18.2. The van der Waals surface area contributed by atoms with Gasteiger partial charge in [0, 0.05) is 12.1 Å². The second-order valence-electron chi connectivity index (χ2n) is 5.07. The van der Waals surface area contributed by atoms with Crippen LogP contribution in [-0.2, 0) is 4.89 Å². The van der Waals surface area contributed by atoms with E-state index in [4.69, 9.17) is 9.99 Å². The highest BCUT2D eigenvalue weighted by Gasteiger charge is 2.22. The fraction of sp³-hybridized carbons (Fsp3) is 0.167. The van der Waals surface area contributed by atoms with Crippen molar-refractivity contribution >= 4 is 17.8 Å². The summed E-state index contributed by atoms with van der Waals surface area (Å²) in [4.78, 5) is 39.9. The molecule has 2 aromatic carbocycles. The second-order valence-corrected chi connectivity index (χ2v) is 5.07. The first-order valence-corrected chi connectivity index (χ1v) is 7.62. The predicted octanol–water partition coefficient (Wildman–Crippen LogP) is 3.05. The summed E-state index contributed by atoms with van der Waals surface area (Å²) in [5, 5.41) is 11.1. The van der Waals surface area contributed by atoms with Crippen molar-refractivity contribution < 1.29 is 29.3 Å². The highest BCUT2D eigenvalue weighted by Crippen LogP contribution is 2.23. The van der Waals surface area contributed by atoms with Crippen LogP contribution in [0.25, 0.3) is 0 Å². The Morgan fingerprint density at radius 2 is 1.56 bits per heavy atom. The van der Waals surface area contributed by atoms with Gasteiger partial charge in [0.05, 0.1) is 11.1 Å². The van der Waals surface area contributed by atoms with Crippen LogP contribution in [0.2, 0.25) is 0 Å². The topological polar surface area (TPSA) is 102 Å². The van der Waals surface area contributed by atoms with E-state index in [-0.39, 0.29) is 22.4 Å². The molecule has 0 radical (unpaired) electrons. The van der Waals surface area contributed by atoms with Gasteiger partial charge in [0.2, 0.25) is 0 Å². The molecule has 1 amide bonds. The molecule has 0 saturated heterocycles. The van der Waals surface area contributed by atoms with Crippen molar-refractivity contribution in [3.63, 3.8) is 0 Å². The average molecular weight is 343 g/mol. The minimum Gasteiger partial charge on any atom is -0.410 e. The standard InChI is InChI=1S/C18H17NO6/c1-2-11-19-18(22)24-15-10-6-5-9-14(15)16(20)12-7-3-4-8-13(12)17(21)25-23/h3-10,23H,2,11H2,1H3,(H,19,22). The van der Waals surface area contributed by atoms with Crippen LogP contribution in [0.3, 0.4) is 0 Å². The number of ketones is 1. The molecule has 0 aliphatic heterocycles. The SMILES string of the molecule is CCCNC(=O)Oc1ccccc1C(=O)c1ccccc1C(=O)OO. The number of rotatable bonds is 6. The van der Waals surface area contributed by atoms with Gasteiger partial charge < -0.3 is 10.1 Å². The maximum atomic E-state index is 12.8. The fourth-order valence-corrected chi connectivity index (χ4v) is 2.16.